The SMILES string of the molecule is CCOC(=O)Cn1c(C)c(Cc2ccccc2S(=O)C2CCCCC2)c2c1CC(C)(C)CC2=O. The summed E-state index contributed by atoms with van der Waals surface area (Å²) in [5.41, 5.74) is 4.46. The van der Waals surface area contributed by atoms with Gasteiger partial charge in [0.05, 0.1) is 17.4 Å². The molecule has 1 heterocycles. The molecule has 1 aromatic carbocycles. The summed E-state index contributed by atoms with van der Waals surface area (Å²) in [4.78, 5) is 26.7. The van der Waals surface area contributed by atoms with E-state index >= 15 is 0 Å². The van der Waals surface area contributed by atoms with E-state index in [0.29, 0.717) is 19.4 Å². The highest BCUT2D eigenvalue weighted by Crippen LogP contribution is 2.40. The first-order chi connectivity index (χ1) is 16.2. The molecule has 184 valence electrons. The first kappa shape index (κ1) is 24.9. The Balaban J connectivity index is 1.75. The van der Waals surface area contributed by atoms with Crippen molar-refractivity contribution in [3.8, 4) is 0 Å². The Bertz CT molecular complexity index is 1110. The topological polar surface area (TPSA) is 65.4 Å². The van der Waals surface area contributed by atoms with Crippen molar-refractivity contribution in [2.45, 2.75) is 95.8 Å². The van der Waals surface area contributed by atoms with E-state index in [2.05, 4.69) is 13.8 Å². The van der Waals surface area contributed by atoms with Crippen molar-refractivity contribution in [2.75, 3.05) is 6.61 Å². The van der Waals surface area contributed by atoms with E-state index < -0.39 is 10.8 Å². The summed E-state index contributed by atoms with van der Waals surface area (Å²) in [5.74, 6) is -0.151. The minimum absolute atomic E-state index is 0.112. The fraction of sp³-hybridized carbons (Fsp3) is 0.571. The van der Waals surface area contributed by atoms with E-state index in [0.717, 1.165) is 65.1 Å². The average Bonchev–Trinajstić information content (AvgIpc) is 3.04. The van der Waals surface area contributed by atoms with Gasteiger partial charge >= 0.3 is 5.97 Å². The van der Waals surface area contributed by atoms with Crippen LogP contribution < -0.4 is 0 Å². The minimum Gasteiger partial charge on any atom is -0.465 e. The van der Waals surface area contributed by atoms with Gasteiger partial charge in [-0.1, -0.05) is 51.3 Å². The second-order valence-corrected chi connectivity index (χ2v) is 12.3. The van der Waals surface area contributed by atoms with Crippen LogP contribution in [0.3, 0.4) is 0 Å². The molecule has 0 amide bonds. The van der Waals surface area contributed by atoms with Crippen LogP contribution in [0.2, 0.25) is 0 Å². The molecule has 1 saturated carbocycles. The summed E-state index contributed by atoms with van der Waals surface area (Å²) < 4.78 is 20.8. The molecule has 1 atom stereocenters. The lowest BCUT2D eigenvalue weighted by Crippen LogP contribution is -2.29. The normalized spacial score (nSPS) is 19.0. The molecule has 6 heteroatoms. The van der Waals surface area contributed by atoms with E-state index in [1.807, 2.05) is 35.8 Å². The van der Waals surface area contributed by atoms with Crippen molar-refractivity contribution >= 4 is 22.6 Å². The molecule has 2 aliphatic rings. The summed E-state index contributed by atoms with van der Waals surface area (Å²) in [6, 6.07) is 7.98. The first-order valence-electron chi connectivity index (χ1n) is 12.6. The summed E-state index contributed by atoms with van der Waals surface area (Å²) >= 11 is 0. The van der Waals surface area contributed by atoms with Crippen molar-refractivity contribution in [2.24, 2.45) is 5.41 Å². The summed E-state index contributed by atoms with van der Waals surface area (Å²) in [6.07, 6.45) is 7.32. The predicted octanol–water partition coefficient (Wildman–Crippen LogP) is 5.55. The Kier molecular flexibility index (Phi) is 7.46. The number of nitrogens with zero attached hydrogens (tertiary/aromatic N) is 1. The molecule has 0 radical (unpaired) electrons. The van der Waals surface area contributed by atoms with Crippen LogP contribution in [-0.4, -0.2) is 32.4 Å². The highest BCUT2D eigenvalue weighted by molar-refractivity contribution is 7.85. The highest BCUT2D eigenvalue weighted by atomic mass is 32.2. The number of rotatable bonds is 7. The molecule has 2 aromatic rings. The molecule has 0 bridgehead atoms. The van der Waals surface area contributed by atoms with Crippen molar-refractivity contribution in [3.05, 3.63) is 52.3 Å². The molecule has 0 N–H and O–H groups in total. The Hall–Kier alpha value is -2.21. The van der Waals surface area contributed by atoms with Gasteiger partial charge in [0.1, 0.15) is 6.54 Å². The van der Waals surface area contributed by atoms with Crippen LogP contribution in [0.15, 0.2) is 29.2 Å². The van der Waals surface area contributed by atoms with Crippen LogP contribution in [0.1, 0.15) is 92.2 Å². The zero-order valence-electron chi connectivity index (χ0n) is 20.9. The maximum Gasteiger partial charge on any atom is 0.325 e. The van der Waals surface area contributed by atoms with Crippen molar-refractivity contribution in [1.82, 2.24) is 4.57 Å². The number of hydrogen-bond acceptors (Lipinski definition) is 4. The lowest BCUT2D eigenvalue weighted by molar-refractivity contribution is -0.143. The van der Waals surface area contributed by atoms with Crippen molar-refractivity contribution in [3.63, 3.8) is 0 Å². The van der Waals surface area contributed by atoms with Gasteiger partial charge in [-0.3, -0.25) is 13.8 Å². The van der Waals surface area contributed by atoms with Gasteiger partial charge < -0.3 is 9.30 Å². The Labute approximate surface area is 205 Å². The Morgan fingerprint density at radius 1 is 1.15 bits per heavy atom. The number of benzene rings is 1. The quantitative estimate of drug-likeness (QED) is 0.485. The van der Waals surface area contributed by atoms with Gasteiger partial charge in [0.25, 0.3) is 0 Å². The number of carbonyl (C=O) groups is 2. The molecule has 1 aromatic heterocycles. The zero-order valence-corrected chi connectivity index (χ0v) is 21.8. The fourth-order valence-electron chi connectivity index (χ4n) is 5.67. The number of hydrogen-bond donors (Lipinski definition) is 0. The number of esters is 1. The van der Waals surface area contributed by atoms with E-state index in [1.165, 1.54) is 6.42 Å². The molecule has 0 saturated heterocycles. The third-order valence-corrected chi connectivity index (χ3v) is 9.23. The second-order valence-electron chi connectivity index (χ2n) is 10.6. The van der Waals surface area contributed by atoms with E-state index in [-0.39, 0.29) is 29.0 Å². The molecule has 0 spiro atoms. The van der Waals surface area contributed by atoms with Gasteiger partial charge in [-0.15, -0.1) is 0 Å². The molecule has 34 heavy (non-hydrogen) atoms. The number of aromatic nitrogens is 1. The minimum atomic E-state index is -1.06. The summed E-state index contributed by atoms with van der Waals surface area (Å²) in [7, 11) is -1.06. The number of ether oxygens (including phenoxy) is 1. The molecule has 5 nitrogen and oxygen atoms in total. The van der Waals surface area contributed by atoms with Gasteiger partial charge in [0.15, 0.2) is 5.78 Å². The van der Waals surface area contributed by atoms with Gasteiger partial charge in [-0.2, -0.15) is 0 Å². The first-order valence-corrected chi connectivity index (χ1v) is 13.8. The third kappa shape index (κ3) is 5.07. The maximum absolute atomic E-state index is 13.5. The lowest BCUT2D eigenvalue weighted by atomic mass is 9.75. The van der Waals surface area contributed by atoms with Crippen molar-refractivity contribution < 1.29 is 18.5 Å². The Morgan fingerprint density at radius 3 is 2.56 bits per heavy atom. The van der Waals surface area contributed by atoms with Gasteiger partial charge in [-0.05, 0) is 55.7 Å². The van der Waals surface area contributed by atoms with Crippen LogP contribution in [-0.2, 0) is 39.7 Å². The molecule has 1 fully saturated rings. The molecular weight excluding hydrogens is 446 g/mol. The fourth-order valence-corrected chi connectivity index (χ4v) is 7.40. The van der Waals surface area contributed by atoms with Crippen LogP contribution in [0.5, 0.6) is 0 Å². The standard InChI is InChI=1S/C28H37NO4S/c1-5-33-26(31)18-29-19(2)22(27-23(29)16-28(3,4)17-24(27)30)15-20-11-9-10-14-25(20)34(32)21-12-7-6-8-13-21/h9-11,14,21H,5-8,12-13,15-18H2,1-4H3. The second kappa shape index (κ2) is 10.2. The average molecular weight is 484 g/mol. The molecule has 4 rings (SSSR count). The van der Waals surface area contributed by atoms with Crippen LogP contribution in [0.4, 0.5) is 0 Å². The zero-order chi connectivity index (χ0) is 24.5. The monoisotopic (exact) mass is 483 g/mol. The van der Waals surface area contributed by atoms with E-state index in [9.17, 15) is 13.8 Å². The molecule has 0 aliphatic heterocycles. The van der Waals surface area contributed by atoms with Gasteiger partial charge in [-0.25, -0.2) is 0 Å². The van der Waals surface area contributed by atoms with Gasteiger partial charge in [0.2, 0.25) is 0 Å². The Morgan fingerprint density at radius 2 is 1.85 bits per heavy atom. The smallest absolute Gasteiger partial charge is 0.325 e. The molecular formula is C28H37NO4S. The maximum atomic E-state index is 13.5. The summed E-state index contributed by atoms with van der Waals surface area (Å²) in [6.45, 7) is 8.45. The number of carbonyl (C=O) groups excluding carboxylic acids is 2. The van der Waals surface area contributed by atoms with Gasteiger partial charge in [0, 0.05) is 39.9 Å². The van der Waals surface area contributed by atoms with Crippen LogP contribution in [0.25, 0.3) is 0 Å². The van der Waals surface area contributed by atoms with E-state index in [1.54, 1.807) is 6.92 Å². The number of ketones is 1. The van der Waals surface area contributed by atoms with E-state index in [4.69, 9.17) is 4.74 Å². The number of Topliss-reactive ketones (excluding diaryl/α,β-unsaturated/α-hetero) is 1. The third-order valence-electron chi connectivity index (χ3n) is 7.33. The summed E-state index contributed by atoms with van der Waals surface area (Å²) in [5, 5.41) is 0.209. The lowest BCUT2D eigenvalue weighted by Gasteiger charge is -2.30. The highest BCUT2D eigenvalue weighted by Gasteiger charge is 2.37. The van der Waals surface area contributed by atoms with Crippen LogP contribution in [0, 0.1) is 12.3 Å². The largest absolute Gasteiger partial charge is 0.465 e. The predicted molar refractivity (Wildman–Crippen MR) is 135 cm³/mol. The molecule has 2 aliphatic carbocycles. The number of fused-ring (bicyclic) bond motifs is 1. The van der Waals surface area contributed by atoms with Crippen LogP contribution >= 0.6 is 0 Å². The van der Waals surface area contributed by atoms with Crippen molar-refractivity contribution in [1.29, 1.82) is 0 Å². The molecule has 1 unspecified atom stereocenters.